The number of hydrogen-bond acceptors (Lipinski definition) is 5. The Morgan fingerprint density at radius 3 is 2.65 bits per heavy atom. The Labute approximate surface area is 185 Å². The van der Waals surface area contributed by atoms with E-state index >= 15 is 0 Å². The highest BCUT2D eigenvalue weighted by Gasteiger charge is 2.26. The molecule has 1 aromatic carbocycles. The molecule has 1 atom stereocenters. The molecule has 1 aliphatic heterocycles. The number of fused-ring (bicyclic) bond motifs is 1. The summed E-state index contributed by atoms with van der Waals surface area (Å²) in [4.78, 5) is 21.5. The monoisotopic (exact) mass is 422 g/mol. The topological polar surface area (TPSA) is 68.7 Å². The molecule has 1 aliphatic carbocycles. The number of hydrogen-bond donors (Lipinski definition) is 2. The van der Waals surface area contributed by atoms with Crippen molar-refractivity contribution in [3.8, 4) is 0 Å². The van der Waals surface area contributed by atoms with Crippen LogP contribution in [0.4, 0.5) is 5.82 Å². The van der Waals surface area contributed by atoms with Gasteiger partial charge in [0.05, 0.1) is 11.7 Å². The second-order valence-electron chi connectivity index (χ2n) is 9.04. The number of aliphatic hydroxyl groups excluding tert-OH is 1. The lowest BCUT2D eigenvalue weighted by molar-refractivity contribution is 0.0950. The van der Waals surface area contributed by atoms with Gasteiger partial charge in [-0.25, -0.2) is 4.98 Å². The number of rotatable bonds is 7. The van der Waals surface area contributed by atoms with Gasteiger partial charge in [0.25, 0.3) is 5.91 Å². The van der Waals surface area contributed by atoms with Crippen molar-refractivity contribution in [1.82, 2.24) is 15.2 Å². The van der Waals surface area contributed by atoms with Gasteiger partial charge in [0.2, 0.25) is 0 Å². The highest BCUT2D eigenvalue weighted by molar-refractivity contribution is 5.94. The Hall–Kier alpha value is -2.44. The lowest BCUT2D eigenvalue weighted by atomic mass is 9.91. The standard InChI is InChI=1S/C25H34N4O2/c1-18(30)17-28(2)24-9-8-22(16-26-24)25(31)27-15-19-6-7-20-10-12-29(23-4-3-5-23)13-11-21(20)14-19/h6-9,14,16,18,23,30H,3-5,10-13,15,17H2,1-2H3,(H,27,31)/t18-/m0/s1. The Morgan fingerprint density at radius 2 is 2.00 bits per heavy atom. The maximum atomic E-state index is 12.6. The smallest absolute Gasteiger partial charge is 0.253 e. The fourth-order valence-corrected chi connectivity index (χ4v) is 4.54. The minimum Gasteiger partial charge on any atom is -0.392 e. The summed E-state index contributed by atoms with van der Waals surface area (Å²) in [5.74, 6) is 0.613. The van der Waals surface area contributed by atoms with Gasteiger partial charge in [-0.2, -0.15) is 0 Å². The molecule has 1 saturated carbocycles. The third kappa shape index (κ3) is 5.43. The summed E-state index contributed by atoms with van der Waals surface area (Å²) >= 11 is 0. The molecule has 2 N–H and O–H groups in total. The van der Waals surface area contributed by atoms with E-state index in [2.05, 4.69) is 33.4 Å². The van der Waals surface area contributed by atoms with Crippen LogP contribution in [-0.4, -0.2) is 59.7 Å². The normalized spacial score (nSPS) is 17.9. The Morgan fingerprint density at radius 1 is 1.23 bits per heavy atom. The minimum absolute atomic E-state index is 0.122. The predicted octanol–water partition coefficient (Wildman–Crippen LogP) is 2.78. The number of benzene rings is 1. The molecule has 0 unspecified atom stereocenters. The number of anilines is 1. The molecule has 2 aromatic rings. The maximum absolute atomic E-state index is 12.6. The number of pyridine rings is 1. The summed E-state index contributed by atoms with van der Waals surface area (Å²) in [6.07, 6.45) is 7.49. The first-order valence-corrected chi connectivity index (χ1v) is 11.5. The van der Waals surface area contributed by atoms with Crippen LogP contribution in [0.15, 0.2) is 36.5 Å². The zero-order chi connectivity index (χ0) is 21.8. The zero-order valence-corrected chi connectivity index (χ0v) is 18.7. The van der Waals surface area contributed by atoms with Crippen molar-refractivity contribution in [2.75, 3.05) is 31.6 Å². The van der Waals surface area contributed by atoms with Crippen molar-refractivity contribution in [2.24, 2.45) is 0 Å². The molecule has 1 fully saturated rings. The second kappa shape index (κ2) is 9.79. The van der Waals surface area contributed by atoms with Gasteiger partial charge in [-0.15, -0.1) is 0 Å². The molecule has 1 aromatic heterocycles. The van der Waals surface area contributed by atoms with Crippen LogP contribution in [0.5, 0.6) is 0 Å². The van der Waals surface area contributed by atoms with Gasteiger partial charge in [0, 0.05) is 45.5 Å². The molecule has 0 spiro atoms. The number of amides is 1. The lowest BCUT2D eigenvalue weighted by Gasteiger charge is -2.36. The first kappa shape index (κ1) is 21.8. The van der Waals surface area contributed by atoms with E-state index in [1.54, 1.807) is 19.2 Å². The van der Waals surface area contributed by atoms with Crippen LogP contribution in [0, 0.1) is 0 Å². The molecule has 6 nitrogen and oxygen atoms in total. The summed E-state index contributed by atoms with van der Waals surface area (Å²) in [6.45, 7) is 5.07. The van der Waals surface area contributed by atoms with Crippen LogP contribution in [0.3, 0.4) is 0 Å². The van der Waals surface area contributed by atoms with Crippen molar-refractivity contribution < 1.29 is 9.90 Å². The maximum Gasteiger partial charge on any atom is 0.253 e. The van der Waals surface area contributed by atoms with E-state index < -0.39 is 6.10 Å². The van der Waals surface area contributed by atoms with Crippen molar-refractivity contribution in [2.45, 2.75) is 57.7 Å². The molecule has 2 aliphatic rings. The number of aliphatic hydroxyl groups is 1. The lowest BCUT2D eigenvalue weighted by Crippen LogP contribution is -2.41. The molecule has 4 rings (SSSR count). The highest BCUT2D eigenvalue weighted by atomic mass is 16.3. The second-order valence-corrected chi connectivity index (χ2v) is 9.04. The van der Waals surface area contributed by atoms with Crippen LogP contribution in [0.2, 0.25) is 0 Å². The SMILES string of the molecule is C[C@H](O)CN(C)c1ccc(C(=O)NCc2ccc3c(c2)CCN(C2CCC2)CC3)cn1. The van der Waals surface area contributed by atoms with Crippen molar-refractivity contribution in [3.63, 3.8) is 0 Å². The van der Waals surface area contributed by atoms with E-state index in [0.717, 1.165) is 36.8 Å². The average Bonchev–Trinajstić information content (AvgIpc) is 2.93. The van der Waals surface area contributed by atoms with Crippen molar-refractivity contribution in [3.05, 3.63) is 58.8 Å². The summed E-state index contributed by atoms with van der Waals surface area (Å²) in [6, 6.07) is 11.1. The van der Waals surface area contributed by atoms with E-state index in [1.165, 1.54) is 36.9 Å². The number of carbonyl (C=O) groups is 1. The summed E-state index contributed by atoms with van der Waals surface area (Å²) < 4.78 is 0. The first-order valence-electron chi connectivity index (χ1n) is 11.5. The number of carbonyl (C=O) groups excluding carboxylic acids is 1. The van der Waals surface area contributed by atoms with Crippen molar-refractivity contribution in [1.29, 1.82) is 0 Å². The van der Waals surface area contributed by atoms with Gasteiger partial charge in [0.15, 0.2) is 0 Å². The van der Waals surface area contributed by atoms with Crippen LogP contribution in [-0.2, 0) is 19.4 Å². The fraction of sp³-hybridized carbons (Fsp3) is 0.520. The Kier molecular flexibility index (Phi) is 6.88. The Bertz CT molecular complexity index is 893. The van der Waals surface area contributed by atoms with E-state index in [-0.39, 0.29) is 5.91 Å². The largest absolute Gasteiger partial charge is 0.392 e. The van der Waals surface area contributed by atoms with Crippen molar-refractivity contribution >= 4 is 11.7 Å². The molecule has 1 amide bonds. The van der Waals surface area contributed by atoms with E-state index in [1.807, 2.05) is 18.0 Å². The molecular weight excluding hydrogens is 388 g/mol. The summed E-state index contributed by atoms with van der Waals surface area (Å²) in [5, 5.41) is 12.5. The van der Waals surface area contributed by atoms with Gasteiger partial charge in [-0.3, -0.25) is 9.69 Å². The van der Waals surface area contributed by atoms with Crippen LogP contribution < -0.4 is 10.2 Å². The number of nitrogens with one attached hydrogen (secondary N) is 1. The van der Waals surface area contributed by atoms with E-state index in [4.69, 9.17) is 0 Å². The average molecular weight is 423 g/mol. The summed E-state index contributed by atoms with van der Waals surface area (Å²) in [5.41, 5.74) is 4.57. The number of aromatic nitrogens is 1. The third-order valence-electron chi connectivity index (χ3n) is 6.59. The fourth-order valence-electron chi connectivity index (χ4n) is 4.54. The van der Waals surface area contributed by atoms with Gasteiger partial charge in [-0.05, 0) is 61.4 Å². The zero-order valence-electron chi connectivity index (χ0n) is 18.7. The molecule has 0 saturated heterocycles. The highest BCUT2D eigenvalue weighted by Crippen LogP contribution is 2.27. The van der Waals surface area contributed by atoms with Gasteiger partial charge < -0.3 is 15.3 Å². The molecule has 6 heteroatoms. The predicted molar refractivity (Wildman–Crippen MR) is 123 cm³/mol. The Balaban J connectivity index is 1.32. The minimum atomic E-state index is -0.433. The quantitative estimate of drug-likeness (QED) is 0.718. The van der Waals surface area contributed by atoms with Gasteiger partial charge >= 0.3 is 0 Å². The van der Waals surface area contributed by atoms with Crippen LogP contribution in [0.1, 0.15) is 53.2 Å². The van der Waals surface area contributed by atoms with Gasteiger partial charge in [-0.1, -0.05) is 24.6 Å². The summed E-state index contributed by atoms with van der Waals surface area (Å²) in [7, 11) is 1.87. The van der Waals surface area contributed by atoms with E-state index in [0.29, 0.717) is 18.7 Å². The molecule has 2 heterocycles. The molecule has 0 radical (unpaired) electrons. The van der Waals surface area contributed by atoms with Gasteiger partial charge in [0.1, 0.15) is 5.82 Å². The molecule has 166 valence electrons. The molecule has 31 heavy (non-hydrogen) atoms. The number of nitrogens with zero attached hydrogens (tertiary/aromatic N) is 3. The molecule has 0 bridgehead atoms. The number of likely N-dealkylation sites (N-methyl/N-ethyl adjacent to an activating group) is 1. The first-order chi connectivity index (χ1) is 15.0. The van der Waals surface area contributed by atoms with Crippen LogP contribution >= 0.6 is 0 Å². The molecular formula is C25H34N4O2. The van der Waals surface area contributed by atoms with E-state index in [9.17, 15) is 9.90 Å². The van der Waals surface area contributed by atoms with Crippen LogP contribution in [0.25, 0.3) is 0 Å². The third-order valence-corrected chi connectivity index (χ3v) is 6.59.